The van der Waals surface area contributed by atoms with Crippen molar-refractivity contribution in [2.24, 2.45) is 0 Å². The number of benzene rings is 1. The molecule has 0 bridgehead atoms. The van der Waals surface area contributed by atoms with Gasteiger partial charge in [0.05, 0.1) is 18.8 Å². The lowest BCUT2D eigenvalue weighted by atomic mass is 10.1. The highest BCUT2D eigenvalue weighted by Gasteiger charge is 2.29. The molecule has 0 atom stereocenters. The summed E-state index contributed by atoms with van der Waals surface area (Å²) in [5, 5.41) is 0. The first-order valence-electron chi connectivity index (χ1n) is 8.29. The number of ketones is 1. The normalized spacial score (nSPS) is 18.0. The number of rotatable bonds is 2. The van der Waals surface area contributed by atoms with Crippen LogP contribution in [0.4, 0.5) is 4.79 Å². The fourth-order valence-electron chi connectivity index (χ4n) is 2.80. The van der Waals surface area contributed by atoms with Crippen molar-refractivity contribution in [3.05, 3.63) is 53.2 Å². The van der Waals surface area contributed by atoms with Crippen molar-refractivity contribution in [2.75, 3.05) is 26.3 Å². The summed E-state index contributed by atoms with van der Waals surface area (Å²) in [6.45, 7) is 3.81. The van der Waals surface area contributed by atoms with Gasteiger partial charge in [0.2, 0.25) is 5.78 Å². The Labute approximate surface area is 149 Å². The minimum atomic E-state index is -0.445. The van der Waals surface area contributed by atoms with Gasteiger partial charge >= 0.3 is 6.09 Å². The van der Waals surface area contributed by atoms with E-state index in [1.807, 2.05) is 13.0 Å². The monoisotopic (exact) mass is 355 g/mol. The standard InChI is InChI=1S/C19H17NO6/c1-12-2-3-13(24-12)11-17-18(21)15-5-4-14(10-16(15)26-17)25-19(22)20-6-8-23-9-7-20/h2-5,10-11H,6-9H2,1H3/b17-11+. The van der Waals surface area contributed by atoms with Gasteiger partial charge in [-0.3, -0.25) is 4.79 Å². The van der Waals surface area contributed by atoms with Gasteiger partial charge in [0.1, 0.15) is 23.0 Å². The van der Waals surface area contributed by atoms with Gasteiger partial charge in [0, 0.05) is 25.2 Å². The van der Waals surface area contributed by atoms with Crippen molar-refractivity contribution < 1.29 is 28.2 Å². The number of hydrogen-bond donors (Lipinski definition) is 0. The topological polar surface area (TPSA) is 78.2 Å². The first kappa shape index (κ1) is 16.4. The minimum absolute atomic E-state index is 0.172. The second kappa shape index (κ2) is 6.68. The third kappa shape index (κ3) is 3.21. The van der Waals surface area contributed by atoms with Crippen molar-refractivity contribution in [3.8, 4) is 11.5 Å². The predicted octanol–water partition coefficient (Wildman–Crippen LogP) is 3.04. The number of carbonyl (C=O) groups is 2. The van der Waals surface area contributed by atoms with Crippen molar-refractivity contribution in [3.63, 3.8) is 0 Å². The average Bonchev–Trinajstić information content (AvgIpc) is 3.19. The quantitative estimate of drug-likeness (QED) is 0.771. The molecule has 134 valence electrons. The Hall–Kier alpha value is -3.06. The van der Waals surface area contributed by atoms with E-state index in [0.717, 1.165) is 5.76 Å². The maximum absolute atomic E-state index is 12.4. The van der Waals surface area contributed by atoms with Gasteiger partial charge in [-0.05, 0) is 31.2 Å². The summed E-state index contributed by atoms with van der Waals surface area (Å²) in [7, 11) is 0. The average molecular weight is 355 g/mol. The fourth-order valence-corrected chi connectivity index (χ4v) is 2.80. The van der Waals surface area contributed by atoms with Gasteiger partial charge in [0.15, 0.2) is 5.76 Å². The molecule has 0 unspecified atom stereocenters. The number of carbonyl (C=O) groups excluding carboxylic acids is 2. The molecule has 3 heterocycles. The Kier molecular flexibility index (Phi) is 4.22. The second-order valence-electron chi connectivity index (χ2n) is 6.01. The van der Waals surface area contributed by atoms with Gasteiger partial charge in [0.25, 0.3) is 0 Å². The van der Waals surface area contributed by atoms with E-state index in [4.69, 9.17) is 18.6 Å². The number of nitrogens with zero attached hydrogens (tertiary/aromatic N) is 1. The third-order valence-corrected chi connectivity index (χ3v) is 4.15. The summed E-state index contributed by atoms with van der Waals surface area (Å²) in [5.74, 6) is 1.90. The maximum Gasteiger partial charge on any atom is 0.415 e. The molecule has 0 aliphatic carbocycles. The summed E-state index contributed by atoms with van der Waals surface area (Å²) >= 11 is 0. The van der Waals surface area contributed by atoms with E-state index in [0.29, 0.717) is 49.1 Å². The molecular formula is C19H17NO6. The molecule has 0 spiro atoms. The smallest absolute Gasteiger partial charge is 0.415 e. The highest BCUT2D eigenvalue weighted by Crippen LogP contribution is 2.35. The zero-order chi connectivity index (χ0) is 18.1. The van der Waals surface area contributed by atoms with Crippen molar-refractivity contribution in [1.29, 1.82) is 0 Å². The van der Waals surface area contributed by atoms with Crippen LogP contribution in [0.2, 0.25) is 0 Å². The van der Waals surface area contributed by atoms with Crippen molar-refractivity contribution >= 4 is 18.0 Å². The van der Waals surface area contributed by atoms with E-state index in [2.05, 4.69) is 0 Å². The maximum atomic E-state index is 12.4. The number of fused-ring (bicyclic) bond motifs is 1. The summed E-state index contributed by atoms with van der Waals surface area (Å²) in [5.41, 5.74) is 0.422. The highest BCUT2D eigenvalue weighted by atomic mass is 16.6. The Morgan fingerprint density at radius 2 is 2.00 bits per heavy atom. The van der Waals surface area contributed by atoms with Gasteiger partial charge in [-0.15, -0.1) is 0 Å². The molecule has 1 fully saturated rings. The molecule has 1 amide bonds. The molecular weight excluding hydrogens is 338 g/mol. The molecule has 1 saturated heterocycles. The van der Waals surface area contributed by atoms with E-state index in [1.165, 1.54) is 0 Å². The first-order valence-corrected chi connectivity index (χ1v) is 8.29. The van der Waals surface area contributed by atoms with Gasteiger partial charge < -0.3 is 23.5 Å². The minimum Gasteiger partial charge on any atom is -0.462 e. The summed E-state index contributed by atoms with van der Waals surface area (Å²) in [6, 6.07) is 8.28. The van der Waals surface area contributed by atoms with Gasteiger partial charge in [-0.2, -0.15) is 0 Å². The number of allylic oxidation sites excluding steroid dienone is 1. The van der Waals surface area contributed by atoms with Gasteiger partial charge in [-0.25, -0.2) is 4.79 Å². The molecule has 0 N–H and O–H groups in total. The van der Waals surface area contributed by atoms with Gasteiger partial charge in [-0.1, -0.05) is 0 Å². The van der Waals surface area contributed by atoms with Crippen LogP contribution in [-0.4, -0.2) is 43.1 Å². The van der Waals surface area contributed by atoms with Crippen LogP contribution in [0.3, 0.4) is 0 Å². The molecule has 1 aromatic heterocycles. The Bertz CT molecular complexity index is 891. The van der Waals surface area contributed by atoms with Crippen LogP contribution >= 0.6 is 0 Å². The first-order chi connectivity index (χ1) is 12.6. The summed E-state index contributed by atoms with van der Waals surface area (Å²) < 4.78 is 21.7. The number of hydrogen-bond acceptors (Lipinski definition) is 6. The number of Topliss-reactive ketones (excluding diaryl/α,β-unsaturated/α-hetero) is 1. The lowest BCUT2D eigenvalue weighted by Crippen LogP contribution is -2.42. The van der Waals surface area contributed by atoms with Crippen LogP contribution < -0.4 is 9.47 Å². The Morgan fingerprint density at radius 1 is 1.19 bits per heavy atom. The molecule has 26 heavy (non-hydrogen) atoms. The van der Waals surface area contributed by atoms with E-state index in [1.54, 1.807) is 35.2 Å². The lowest BCUT2D eigenvalue weighted by molar-refractivity contribution is 0.0416. The molecule has 1 aromatic carbocycles. The molecule has 0 radical (unpaired) electrons. The SMILES string of the molecule is Cc1ccc(/C=C2/Oc3cc(OC(=O)N4CCOCC4)ccc3C2=O)o1. The number of morpholine rings is 1. The number of amides is 1. The third-order valence-electron chi connectivity index (χ3n) is 4.15. The summed E-state index contributed by atoms with van der Waals surface area (Å²) in [6.07, 6.45) is 1.11. The van der Waals surface area contributed by atoms with Crippen molar-refractivity contribution in [2.45, 2.75) is 6.92 Å². The van der Waals surface area contributed by atoms with Crippen molar-refractivity contribution in [1.82, 2.24) is 4.90 Å². The Balaban J connectivity index is 1.50. The molecule has 4 rings (SSSR count). The van der Waals surface area contributed by atoms with E-state index in [-0.39, 0.29) is 11.5 Å². The fraction of sp³-hybridized carbons (Fsp3) is 0.263. The number of ether oxygens (including phenoxy) is 3. The van der Waals surface area contributed by atoms with Crippen LogP contribution in [0.1, 0.15) is 21.9 Å². The molecule has 2 aliphatic rings. The number of aryl methyl sites for hydroxylation is 1. The number of furan rings is 1. The molecule has 2 aliphatic heterocycles. The Morgan fingerprint density at radius 3 is 2.73 bits per heavy atom. The zero-order valence-corrected chi connectivity index (χ0v) is 14.2. The van der Waals surface area contributed by atoms with E-state index < -0.39 is 6.09 Å². The van der Waals surface area contributed by atoms with E-state index >= 15 is 0 Å². The molecule has 7 nitrogen and oxygen atoms in total. The van der Waals surface area contributed by atoms with Crippen LogP contribution in [0.5, 0.6) is 11.5 Å². The zero-order valence-electron chi connectivity index (χ0n) is 14.2. The second-order valence-corrected chi connectivity index (χ2v) is 6.01. The highest BCUT2D eigenvalue weighted by molar-refractivity contribution is 6.14. The van der Waals surface area contributed by atoms with Crippen LogP contribution in [0, 0.1) is 6.92 Å². The van der Waals surface area contributed by atoms with E-state index in [9.17, 15) is 9.59 Å². The molecule has 0 saturated carbocycles. The summed E-state index contributed by atoms with van der Waals surface area (Å²) in [4.78, 5) is 26.2. The molecule has 7 heteroatoms. The predicted molar refractivity (Wildman–Crippen MR) is 91.2 cm³/mol. The molecule has 2 aromatic rings. The van der Waals surface area contributed by atoms with Crippen LogP contribution in [0.15, 0.2) is 40.5 Å². The van der Waals surface area contributed by atoms with Crippen LogP contribution in [0.25, 0.3) is 6.08 Å². The lowest BCUT2D eigenvalue weighted by Gasteiger charge is -2.25. The largest absolute Gasteiger partial charge is 0.462 e. The van der Waals surface area contributed by atoms with Crippen LogP contribution in [-0.2, 0) is 4.74 Å².